The van der Waals surface area contributed by atoms with Gasteiger partial charge in [0.1, 0.15) is 5.75 Å². The fourth-order valence-electron chi connectivity index (χ4n) is 1.49. The molecule has 1 aromatic carbocycles. The highest BCUT2D eigenvalue weighted by Gasteiger charge is 2.25. The number of nitrogens with one attached hydrogen (secondary N) is 1. The van der Waals surface area contributed by atoms with Gasteiger partial charge in [0.2, 0.25) is 0 Å². The van der Waals surface area contributed by atoms with Crippen LogP contribution in [-0.4, -0.2) is 39.3 Å². The monoisotopic (exact) mass is 505 g/mol. The van der Waals surface area contributed by atoms with Gasteiger partial charge >= 0.3 is 5.97 Å². The van der Waals surface area contributed by atoms with Crippen LogP contribution >= 0.6 is 45.2 Å². The fourth-order valence-corrected chi connectivity index (χ4v) is 3.34. The third-order valence-corrected chi connectivity index (χ3v) is 3.88. The molecule has 0 saturated heterocycles. The van der Waals surface area contributed by atoms with E-state index in [1.165, 1.54) is 13.0 Å². The second-order valence-electron chi connectivity index (χ2n) is 4.53. The maximum atomic E-state index is 12.0. The molecule has 0 aliphatic rings. The number of phenols is 1. The molecule has 6 nitrogen and oxygen atoms in total. The number of halogens is 2. The number of benzene rings is 1. The number of carbonyl (C=O) groups is 2. The minimum absolute atomic E-state index is 0.0902. The van der Waals surface area contributed by atoms with Crippen LogP contribution in [0.25, 0.3) is 0 Å². The van der Waals surface area contributed by atoms with E-state index in [2.05, 4.69) is 5.32 Å². The lowest BCUT2D eigenvalue weighted by Crippen LogP contribution is -2.42. The van der Waals surface area contributed by atoms with E-state index in [1.807, 2.05) is 45.2 Å². The summed E-state index contributed by atoms with van der Waals surface area (Å²) in [7, 11) is 0. The quantitative estimate of drug-likeness (QED) is 0.455. The van der Waals surface area contributed by atoms with Gasteiger partial charge in [-0.3, -0.25) is 9.59 Å². The first-order valence-corrected chi connectivity index (χ1v) is 7.68. The molecule has 4 N–H and O–H groups in total. The van der Waals surface area contributed by atoms with Crippen LogP contribution < -0.4 is 5.32 Å². The van der Waals surface area contributed by atoms with E-state index < -0.39 is 23.9 Å². The van der Waals surface area contributed by atoms with Gasteiger partial charge < -0.3 is 20.6 Å². The molecular formula is C12H13I2NO5. The first-order valence-electron chi connectivity index (χ1n) is 5.53. The summed E-state index contributed by atoms with van der Waals surface area (Å²) in [6, 6.07) is 3.23. The summed E-state index contributed by atoms with van der Waals surface area (Å²) in [5.41, 5.74) is -1.46. The van der Waals surface area contributed by atoms with E-state index in [0.29, 0.717) is 3.57 Å². The summed E-state index contributed by atoms with van der Waals surface area (Å²) in [4.78, 5) is 22.5. The first kappa shape index (κ1) is 17.4. The zero-order valence-corrected chi connectivity index (χ0v) is 14.8. The van der Waals surface area contributed by atoms with E-state index in [1.54, 1.807) is 6.07 Å². The number of carbonyl (C=O) groups excluding carboxylic acids is 1. The Morgan fingerprint density at radius 1 is 1.35 bits per heavy atom. The number of carboxylic acids is 1. The predicted molar refractivity (Wildman–Crippen MR) is 88.8 cm³/mol. The van der Waals surface area contributed by atoms with Crippen LogP contribution in [0.4, 0.5) is 0 Å². The Morgan fingerprint density at radius 2 is 1.95 bits per heavy atom. The third-order valence-electron chi connectivity index (χ3n) is 2.43. The van der Waals surface area contributed by atoms with E-state index in [-0.39, 0.29) is 17.9 Å². The Bertz CT molecular complexity index is 545. The number of aliphatic carboxylic acids is 1. The summed E-state index contributed by atoms with van der Waals surface area (Å²) in [5, 5.41) is 30.7. The number of phenolic OH excluding ortho intramolecular Hbond substituents is 1. The van der Waals surface area contributed by atoms with Crippen LogP contribution in [0, 0.1) is 7.14 Å². The maximum absolute atomic E-state index is 12.0. The average Bonchev–Trinajstić information content (AvgIpc) is 2.29. The molecule has 1 unspecified atom stereocenters. The standard InChI is InChI=1S/C12H13I2NO5/c1-12(20,4-9(16)17)5-15-11(19)7-2-6(13)3-8(14)10(7)18/h2-3,18,20H,4-5H2,1H3,(H,15,19)(H,16,17). The normalized spacial score (nSPS) is 13.6. The minimum Gasteiger partial charge on any atom is -0.506 e. The Kier molecular flexibility index (Phi) is 6.01. The zero-order chi connectivity index (χ0) is 15.5. The van der Waals surface area contributed by atoms with Crippen molar-refractivity contribution < 1.29 is 24.9 Å². The highest BCUT2D eigenvalue weighted by atomic mass is 127. The summed E-state index contributed by atoms with van der Waals surface area (Å²) in [5.74, 6) is -1.86. The van der Waals surface area contributed by atoms with Crippen molar-refractivity contribution in [2.24, 2.45) is 0 Å². The molecule has 0 radical (unpaired) electrons. The first-order chi connectivity index (χ1) is 9.12. The molecule has 0 saturated carbocycles. The third kappa shape index (κ3) is 5.05. The molecule has 1 aromatic rings. The molecule has 8 heteroatoms. The van der Waals surface area contributed by atoms with E-state index >= 15 is 0 Å². The second-order valence-corrected chi connectivity index (χ2v) is 6.94. The van der Waals surface area contributed by atoms with E-state index in [9.17, 15) is 19.8 Å². The molecule has 0 aromatic heterocycles. The van der Waals surface area contributed by atoms with Crippen LogP contribution in [-0.2, 0) is 4.79 Å². The predicted octanol–water partition coefficient (Wildman–Crippen LogP) is 1.56. The van der Waals surface area contributed by atoms with Crippen molar-refractivity contribution >= 4 is 57.1 Å². The van der Waals surface area contributed by atoms with Gasteiger partial charge in [0.15, 0.2) is 0 Å². The minimum atomic E-state index is -1.55. The number of rotatable bonds is 5. The molecule has 0 aliphatic heterocycles. The molecule has 1 atom stereocenters. The summed E-state index contributed by atoms with van der Waals surface area (Å²) in [6.07, 6.45) is -0.483. The largest absolute Gasteiger partial charge is 0.506 e. The molecule has 0 aliphatic carbocycles. The second kappa shape index (κ2) is 6.89. The number of hydrogen-bond acceptors (Lipinski definition) is 4. The van der Waals surface area contributed by atoms with E-state index in [0.717, 1.165) is 3.57 Å². The van der Waals surface area contributed by atoms with Crippen molar-refractivity contribution in [2.75, 3.05) is 6.54 Å². The summed E-state index contributed by atoms with van der Waals surface area (Å²) in [6.45, 7) is 1.10. The molecule has 0 bridgehead atoms. The van der Waals surface area contributed by atoms with Gasteiger partial charge in [-0.15, -0.1) is 0 Å². The molecule has 1 rings (SSSR count). The Morgan fingerprint density at radius 3 is 2.50 bits per heavy atom. The van der Waals surface area contributed by atoms with Crippen LogP contribution in [0.5, 0.6) is 5.75 Å². The topological polar surface area (TPSA) is 107 Å². The molecule has 110 valence electrons. The van der Waals surface area contributed by atoms with Gasteiger partial charge in [-0.2, -0.15) is 0 Å². The Balaban J connectivity index is 2.80. The van der Waals surface area contributed by atoms with Crippen LogP contribution in [0.3, 0.4) is 0 Å². The molecule has 0 heterocycles. The lowest BCUT2D eigenvalue weighted by molar-refractivity contribution is -0.141. The highest BCUT2D eigenvalue weighted by Crippen LogP contribution is 2.27. The van der Waals surface area contributed by atoms with Crippen molar-refractivity contribution in [3.63, 3.8) is 0 Å². The number of carboxylic acid groups (broad SMARTS) is 1. The molecule has 1 amide bonds. The lowest BCUT2D eigenvalue weighted by Gasteiger charge is -2.21. The Labute approximate surface area is 142 Å². The van der Waals surface area contributed by atoms with E-state index in [4.69, 9.17) is 5.11 Å². The van der Waals surface area contributed by atoms with Gasteiger partial charge in [-0.1, -0.05) is 0 Å². The van der Waals surface area contributed by atoms with Crippen molar-refractivity contribution in [2.45, 2.75) is 18.9 Å². The molecule has 0 fully saturated rings. The van der Waals surface area contributed by atoms with Gasteiger partial charge in [-0.05, 0) is 64.2 Å². The van der Waals surface area contributed by atoms with Gasteiger partial charge in [-0.25, -0.2) is 0 Å². The van der Waals surface area contributed by atoms with Crippen molar-refractivity contribution in [1.29, 1.82) is 0 Å². The number of amides is 1. The van der Waals surface area contributed by atoms with Crippen LogP contribution in [0.2, 0.25) is 0 Å². The van der Waals surface area contributed by atoms with Crippen LogP contribution in [0.15, 0.2) is 12.1 Å². The van der Waals surface area contributed by atoms with Gasteiger partial charge in [0.05, 0.1) is 21.2 Å². The van der Waals surface area contributed by atoms with Crippen molar-refractivity contribution in [3.05, 3.63) is 24.8 Å². The van der Waals surface area contributed by atoms with Crippen molar-refractivity contribution in [1.82, 2.24) is 5.32 Å². The van der Waals surface area contributed by atoms with Gasteiger partial charge in [0, 0.05) is 10.1 Å². The molecule has 20 heavy (non-hydrogen) atoms. The SMILES string of the molecule is CC(O)(CNC(=O)c1cc(I)cc(I)c1O)CC(=O)O. The van der Waals surface area contributed by atoms with Crippen LogP contribution in [0.1, 0.15) is 23.7 Å². The molecule has 0 spiro atoms. The average molecular weight is 505 g/mol. The van der Waals surface area contributed by atoms with Gasteiger partial charge in [0.25, 0.3) is 5.91 Å². The molecular weight excluding hydrogens is 492 g/mol. The summed E-state index contributed by atoms with van der Waals surface area (Å²) < 4.78 is 1.32. The summed E-state index contributed by atoms with van der Waals surface area (Å²) >= 11 is 3.93. The number of aromatic hydroxyl groups is 1. The number of hydrogen-bond donors (Lipinski definition) is 4. The Hall–Kier alpha value is -0.620. The smallest absolute Gasteiger partial charge is 0.306 e. The van der Waals surface area contributed by atoms with Crippen molar-refractivity contribution in [3.8, 4) is 5.75 Å². The fraction of sp³-hybridized carbons (Fsp3) is 0.333. The number of aliphatic hydroxyl groups is 1. The maximum Gasteiger partial charge on any atom is 0.306 e. The highest BCUT2D eigenvalue weighted by molar-refractivity contribution is 14.1. The lowest BCUT2D eigenvalue weighted by atomic mass is 10.0. The zero-order valence-electron chi connectivity index (χ0n) is 10.5.